The zero-order valence-corrected chi connectivity index (χ0v) is 10.4. The third-order valence-electron chi connectivity index (χ3n) is 2.47. The molecule has 0 unspecified atom stereocenters. The highest BCUT2D eigenvalue weighted by molar-refractivity contribution is 5.77. The Balaban J connectivity index is 2.47. The minimum absolute atomic E-state index is 0.0208. The summed E-state index contributed by atoms with van der Waals surface area (Å²) in [7, 11) is 0. The standard InChI is InChI=1S/C13H20N2O2/c1-3-11-6-4-5-7-12(11)17-9-13(16)15-10(2)8-14/h4-7,10H,3,8-9,14H2,1-2H3,(H,15,16)/t10-/m0/s1. The first-order valence-corrected chi connectivity index (χ1v) is 5.87. The molecule has 0 aromatic heterocycles. The maximum atomic E-state index is 11.5. The highest BCUT2D eigenvalue weighted by Crippen LogP contribution is 2.17. The molecule has 1 aromatic carbocycles. The fourth-order valence-electron chi connectivity index (χ4n) is 1.46. The monoisotopic (exact) mass is 236 g/mol. The third kappa shape index (κ3) is 4.44. The topological polar surface area (TPSA) is 64.3 Å². The van der Waals surface area contributed by atoms with Crippen molar-refractivity contribution in [3.05, 3.63) is 29.8 Å². The number of hydrogen-bond donors (Lipinski definition) is 2. The number of ether oxygens (including phenoxy) is 1. The molecule has 1 atom stereocenters. The van der Waals surface area contributed by atoms with Crippen LogP contribution in [-0.4, -0.2) is 25.1 Å². The molecule has 0 fully saturated rings. The summed E-state index contributed by atoms with van der Waals surface area (Å²) in [4.78, 5) is 11.5. The first-order chi connectivity index (χ1) is 8.17. The summed E-state index contributed by atoms with van der Waals surface area (Å²) in [6.07, 6.45) is 0.886. The second-order valence-corrected chi connectivity index (χ2v) is 3.95. The van der Waals surface area contributed by atoms with Crippen molar-refractivity contribution in [2.75, 3.05) is 13.2 Å². The van der Waals surface area contributed by atoms with Gasteiger partial charge in [-0.2, -0.15) is 0 Å². The van der Waals surface area contributed by atoms with Gasteiger partial charge in [0, 0.05) is 12.6 Å². The van der Waals surface area contributed by atoms with Crippen LogP contribution in [0.3, 0.4) is 0 Å². The first kappa shape index (κ1) is 13.5. The van der Waals surface area contributed by atoms with E-state index in [2.05, 4.69) is 12.2 Å². The molecular weight excluding hydrogens is 216 g/mol. The quantitative estimate of drug-likeness (QED) is 0.777. The van der Waals surface area contributed by atoms with Crippen LogP contribution >= 0.6 is 0 Å². The molecule has 0 heterocycles. The SMILES string of the molecule is CCc1ccccc1OCC(=O)N[C@@H](C)CN. The Morgan fingerprint density at radius 3 is 2.82 bits per heavy atom. The van der Waals surface area contributed by atoms with Crippen LogP contribution in [0.25, 0.3) is 0 Å². The Morgan fingerprint density at radius 2 is 2.18 bits per heavy atom. The molecule has 0 aliphatic carbocycles. The maximum absolute atomic E-state index is 11.5. The third-order valence-corrected chi connectivity index (χ3v) is 2.47. The molecule has 0 saturated carbocycles. The Kier molecular flexibility index (Phi) is 5.49. The van der Waals surface area contributed by atoms with Crippen LogP contribution < -0.4 is 15.8 Å². The number of nitrogens with two attached hydrogens (primary N) is 1. The molecular formula is C13H20N2O2. The lowest BCUT2D eigenvalue weighted by Crippen LogP contribution is -2.40. The van der Waals surface area contributed by atoms with E-state index in [1.165, 1.54) is 0 Å². The van der Waals surface area contributed by atoms with Crippen LogP contribution in [0.1, 0.15) is 19.4 Å². The van der Waals surface area contributed by atoms with Crippen molar-refractivity contribution < 1.29 is 9.53 Å². The molecule has 1 aromatic rings. The Bertz CT molecular complexity index is 366. The summed E-state index contributed by atoms with van der Waals surface area (Å²) >= 11 is 0. The number of aryl methyl sites for hydroxylation is 1. The van der Waals surface area contributed by atoms with Crippen LogP contribution in [0, 0.1) is 0 Å². The van der Waals surface area contributed by atoms with Crippen molar-refractivity contribution in [2.45, 2.75) is 26.3 Å². The highest BCUT2D eigenvalue weighted by Gasteiger charge is 2.07. The lowest BCUT2D eigenvalue weighted by Gasteiger charge is -2.13. The van der Waals surface area contributed by atoms with E-state index < -0.39 is 0 Å². The van der Waals surface area contributed by atoms with Crippen LogP contribution in [0.2, 0.25) is 0 Å². The average molecular weight is 236 g/mol. The Hall–Kier alpha value is -1.55. The van der Waals surface area contributed by atoms with E-state index in [1.54, 1.807) is 0 Å². The number of rotatable bonds is 6. The van der Waals surface area contributed by atoms with Crippen LogP contribution in [-0.2, 0) is 11.2 Å². The van der Waals surface area contributed by atoms with Crippen molar-refractivity contribution >= 4 is 5.91 Å². The summed E-state index contributed by atoms with van der Waals surface area (Å²) in [5.41, 5.74) is 6.52. The molecule has 4 nitrogen and oxygen atoms in total. The molecule has 0 spiro atoms. The van der Waals surface area contributed by atoms with Gasteiger partial charge in [-0.3, -0.25) is 4.79 Å². The van der Waals surface area contributed by atoms with Gasteiger partial charge in [-0.1, -0.05) is 25.1 Å². The van der Waals surface area contributed by atoms with Gasteiger partial charge in [0.2, 0.25) is 0 Å². The van der Waals surface area contributed by atoms with Crippen molar-refractivity contribution in [2.24, 2.45) is 5.73 Å². The number of carbonyl (C=O) groups excluding carboxylic acids is 1. The number of amides is 1. The van der Waals surface area contributed by atoms with Gasteiger partial charge in [-0.15, -0.1) is 0 Å². The predicted octanol–water partition coefficient (Wildman–Crippen LogP) is 1.09. The van der Waals surface area contributed by atoms with Gasteiger partial charge in [0.1, 0.15) is 5.75 Å². The average Bonchev–Trinajstić information content (AvgIpc) is 2.36. The molecule has 1 rings (SSSR count). The van der Waals surface area contributed by atoms with Gasteiger partial charge < -0.3 is 15.8 Å². The van der Waals surface area contributed by atoms with E-state index in [0.29, 0.717) is 6.54 Å². The summed E-state index contributed by atoms with van der Waals surface area (Å²) in [6.45, 7) is 4.37. The second-order valence-electron chi connectivity index (χ2n) is 3.95. The minimum atomic E-state index is -0.145. The molecule has 4 heteroatoms. The normalized spacial score (nSPS) is 11.9. The van der Waals surface area contributed by atoms with Gasteiger partial charge in [-0.25, -0.2) is 0 Å². The maximum Gasteiger partial charge on any atom is 0.258 e. The molecule has 0 bridgehead atoms. The zero-order chi connectivity index (χ0) is 12.7. The van der Waals surface area contributed by atoms with Crippen LogP contribution in [0.4, 0.5) is 0 Å². The molecule has 17 heavy (non-hydrogen) atoms. The van der Waals surface area contributed by atoms with Gasteiger partial charge in [0.25, 0.3) is 5.91 Å². The number of carbonyl (C=O) groups is 1. The number of para-hydroxylation sites is 1. The van der Waals surface area contributed by atoms with Crippen molar-refractivity contribution in [3.8, 4) is 5.75 Å². The van der Waals surface area contributed by atoms with Crippen LogP contribution in [0.5, 0.6) is 5.75 Å². The van der Waals surface area contributed by atoms with E-state index in [4.69, 9.17) is 10.5 Å². The fourth-order valence-corrected chi connectivity index (χ4v) is 1.46. The number of benzene rings is 1. The van der Waals surface area contributed by atoms with E-state index >= 15 is 0 Å². The first-order valence-electron chi connectivity index (χ1n) is 5.87. The molecule has 3 N–H and O–H groups in total. The molecule has 94 valence electrons. The smallest absolute Gasteiger partial charge is 0.258 e. The highest BCUT2D eigenvalue weighted by atomic mass is 16.5. The second kappa shape index (κ2) is 6.91. The molecule has 0 radical (unpaired) electrons. The predicted molar refractivity (Wildman–Crippen MR) is 68.0 cm³/mol. The summed E-state index contributed by atoms with van der Waals surface area (Å²) in [6, 6.07) is 7.71. The fraction of sp³-hybridized carbons (Fsp3) is 0.462. The molecule has 0 aliphatic rings. The minimum Gasteiger partial charge on any atom is -0.483 e. The lowest BCUT2D eigenvalue weighted by molar-refractivity contribution is -0.123. The van der Waals surface area contributed by atoms with E-state index in [-0.39, 0.29) is 18.6 Å². The van der Waals surface area contributed by atoms with E-state index in [9.17, 15) is 4.79 Å². The van der Waals surface area contributed by atoms with Crippen molar-refractivity contribution in [1.29, 1.82) is 0 Å². The van der Waals surface area contributed by atoms with Crippen molar-refractivity contribution in [3.63, 3.8) is 0 Å². The number of hydrogen-bond acceptors (Lipinski definition) is 3. The van der Waals surface area contributed by atoms with Gasteiger partial charge in [0.15, 0.2) is 6.61 Å². The lowest BCUT2D eigenvalue weighted by atomic mass is 10.1. The van der Waals surface area contributed by atoms with E-state index in [1.807, 2.05) is 31.2 Å². The Labute approximate surface area is 102 Å². The van der Waals surface area contributed by atoms with E-state index in [0.717, 1.165) is 17.7 Å². The summed E-state index contributed by atoms with van der Waals surface area (Å²) in [5.74, 6) is 0.624. The summed E-state index contributed by atoms with van der Waals surface area (Å²) < 4.78 is 5.48. The Morgan fingerprint density at radius 1 is 1.47 bits per heavy atom. The number of nitrogens with one attached hydrogen (secondary N) is 1. The van der Waals surface area contributed by atoms with Gasteiger partial charge >= 0.3 is 0 Å². The molecule has 0 saturated heterocycles. The largest absolute Gasteiger partial charge is 0.483 e. The molecule has 0 aliphatic heterocycles. The van der Waals surface area contributed by atoms with Crippen molar-refractivity contribution in [1.82, 2.24) is 5.32 Å². The van der Waals surface area contributed by atoms with Gasteiger partial charge in [0.05, 0.1) is 0 Å². The zero-order valence-electron chi connectivity index (χ0n) is 10.4. The van der Waals surface area contributed by atoms with Gasteiger partial charge in [-0.05, 0) is 25.0 Å². The van der Waals surface area contributed by atoms with Crippen LogP contribution in [0.15, 0.2) is 24.3 Å². The summed E-state index contributed by atoms with van der Waals surface area (Å²) in [5, 5.41) is 2.75. The molecule has 1 amide bonds.